The summed E-state index contributed by atoms with van der Waals surface area (Å²) in [6.07, 6.45) is 0. The fourth-order valence-corrected chi connectivity index (χ4v) is 2.95. The predicted molar refractivity (Wildman–Crippen MR) is 84.2 cm³/mol. The molecule has 2 aromatic rings. The molecule has 0 fully saturated rings. The number of hydrogen-bond acceptors (Lipinski definition) is 4. The first-order chi connectivity index (χ1) is 10.0. The molecule has 1 heterocycles. The number of thiophene rings is 1. The Morgan fingerprint density at radius 1 is 1.48 bits per heavy atom. The van der Waals surface area contributed by atoms with Crippen LogP contribution in [0, 0.1) is 5.82 Å². The maximum absolute atomic E-state index is 13.7. The van der Waals surface area contributed by atoms with E-state index in [-0.39, 0.29) is 5.02 Å². The molecule has 0 aliphatic rings. The zero-order valence-electron chi connectivity index (χ0n) is 11.2. The summed E-state index contributed by atoms with van der Waals surface area (Å²) in [5.41, 5.74) is 2.73. The van der Waals surface area contributed by atoms with Crippen molar-refractivity contribution in [2.45, 2.75) is 6.54 Å². The van der Waals surface area contributed by atoms with Crippen LogP contribution >= 0.6 is 22.9 Å². The van der Waals surface area contributed by atoms with E-state index in [0.29, 0.717) is 17.9 Å². The Labute approximate surface area is 130 Å². The number of hydrogen-bond donors (Lipinski definition) is 3. The Morgan fingerprint density at radius 2 is 2.24 bits per heavy atom. The molecule has 0 aliphatic heterocycles. The topological polar surface area (TPSA) is 70.4 Å². The summed E-state index contributed by atoms with van der Waals surface area (Å²) in [4.78, 5) is 14.2. The Hall–Kier alpha value is -1.83. The third-order valence-electron chi connectivity index (χ3n) is 2.80. The quantitative estimate of drug-likeness (QED) is 0.458. The van der Waals surface area contributed by atoms with E-state index in [1.807, 2.05) is 22.9 Å². The molecule has 8 heteroatoms. The molecule has 21 heavy (non-hydrogen) atoms. The summed E-state index contributed by atoms with van der Waals surface area (Å²) < 4.78 is 13.7. The van der Waals surface area contributed by atoms with Crippen molar-refractivity contribution in [1.29, 1.82) is 0 Å². The van der Waals surface area contributed by atoms with Crippen LogP contribution in [0.1, 0.15) is 4.88 Å². The summed E-state index contributed by atoms with van der Waals surface area (Å²) >= 11 is 7.63. The Morgan fingerprint density at radius 3 is 2.86 bits per heavy atom. The minimum atomic E-state index is -0.608. The summed E-state index contributed by atoms with van der Waals surface area (Å²) in [6.45, 7) is 0.541. The molecule has 0 aliphatic carbocycles. The third-order valence-corrected chi connectivity index (χ3v) is 4.02. The largest absolute Gasteiger partial charge is 0.366 e. The number of halogens is 2. The van der Waals surface area contributed by atoms with Crippen molar-refractivity contribution in [2.75, 3.05) is 17.3 Å². The van der Waals surface area contributed by atoms with Crippen LogP contribution < -0.4 is 21.5 Å². The van der Waals surface area contributed by atoms with Crippen molar-refractivity contribution in [3.8, 4) is 0 Å². The highest BCUT2D eigenvalue weighted by Gasteiger charge is 2.17. The van der Waals surface area contributed by atoms with Crippen molar-refractivity contribution < 1.29 is 9.18 Å². The molecule has 5 nitrogen and oxygen atoms in total. The summed E-state index contributed by atoms with van der Waals surface area (Å²) in [5.74, 6) is 4.49. The number of nitrogens with two attached hydrogens (primary N) is 1. The van der Waals surface area contributed by atoms with Gasteiger partial charge in [0, 0.05) is 11.9 Å². The molecule has 1 aromatic carbocycles. The van der Waals surface area contributed by atoms with Gasteiger partial charge in [-0.3, -0.25) is 5.43 Å². The van der Waals surface area contributed by atoms with Gasteiger partial charge in [-0.05, 0) is 23.6 Å². The first-order valence-electron chi connectivity index (χ1n) is 6.02. The molecule has 0 spiro atoms. The Balaban J connectivity index is 2.34. The molecule has 4 N–H and O–H groups in total. The molecule has 0 bridgehead atoms. The zero-order chi connectivity index (χ0) is 15.4. The van der Waals surface area contributed by atoms with E-state index in [4.69, 9.17) is 17.4 Å². The second-order valence-electron chi connectivity index (χ2n) is 4.29. The van der Waals surface area contributed by atoms with Crippen LogP contribution in [0.15, 0.2) is 29.6 Å². The van der Waals surface area contributed by atoms with Gasteiger partial charge in [-0.25, -0.2) is 15.0 Å². The highest BCUT2D eigenvalue weighted by molar-refractivity contribution is 7.09. The van der Waals surface area contributed by atoms with E-state index in [0.717, 1.165) is 4.88 Å². The lowest BCUT2D eigenvalue weighted by Crippen LogP contribution is -2.35. The Kier molecular flexibility index (Phi) is 5.00. The molecule has 0 saturated carbocycles. The van der Waals surface area contributed by atoms with Crippen molar-refractivity contribution in [3.05, 3.63) is 45.4 Å². The van der Waals surface area contributed by atoms with Gasteiger partial charge in [0.15, 0.2) is 0 Å². The van der Waals surface area contributed by atoms with E-state index in [9.17, 15) is 9.18 Å². The molecule has 112 valence electrons. The molecule has 2 amide bonds. The lowest BCUT2D eigenvalue weighted by Gasteiger charge is -2.23. The average Bonchev–Trinajstić information content (AvgIpc) is 2.95. The number of rotatable bonds is 4. The number of anilines is 2. The molecular formula is C13H14ClFN4OS. The second-order valence-corrected chi connectivity index (χ2v) is 5.70. The normalized spacial score (nSPS) is 10.3. The first-order valence-corrected chi connectivity index (χ1v) is 7.27. The van der Waals surface area contributed by atoms with Gasteiger partial charge in [-0.2, -0.15) is 0 Å². The predicted octanol–water partition coefficient (Wildman–Crippen LogP) is 3.17. The summed E-state index contributed by atoms with van der Waals surface area (Å²) in [5, 5.41) is 4.43. The first kappa shape index (κ1) is 15.6. The number of benzene rings is 1. The second kappa shape index (κ2) is 6.75. The zero-order valence-corrected chi connectivity index (χ0v) is 12.8. The fourth-order valence-electron chi connectivity index (χ4n) is 1.89. The van der Waals surface area contributed by atoms with E-state index < -0.39 is 11.8 Å². The molecule has 0 radical (unpaired) electrons. The van der Waals surface area contributed by atoms with Crippen molar-refractivity contribution in [2.24, 2.45) is 5.84 Å². The van der Waals surface area contributed by atoms with E-state index >= 15 is 0 Å². The van der Waals surface area contributed by atoms with Gasteiger partial charge < -0.3 is 10.2 Å². The van der Waals surface area contributed by atoms with E-state index in [2.05, 4.69) is 5.32 Å². The standard InChI is InChI=1S/C13H14ClFN4OS/c1-19(7-8-3-2-6-21-8)12-10(17-13(20)18-16)5-4-9(15)11(12)14/h2-6H,7,16H2,1H3,(H2,17,18,20). The van der Waals surface area contributed by atoms with Crippen LogP contribution in [0.3, 0.4) is 0 Å². The maximum Gasteiger partial charge on any atom is 0.333 e. The minimum Gasteiger partial charge on any atom is -0.366 e. The number of nitrogens with zero attached hydrogens (tertiary/aromatic N) is 1. The van der Waals surface area contributed by atoms with Crippen LogP contribution in [0.25, 0.3) is 0 Å². The maximum atomic E-state index is 13.7. The van der Waals surface area contributed by atoms with E-state index in [1.54, 1.807) is 23.3 Å². The molecular weight excluding hydrogens is 315 g/mol. The van der Waals surface area contributed by atoms with Crippen molar-refractivity contribution in [3.63, 3.8) is 0 Å². The van der Waals surface area contributed by atoms with Crippen LogP contribution in [0.5, 0.6) is 0 Å². The molecule has 0 atom stereocenters. The van der Waals surface area contributed by atoms with Gasteiger partial charge in [0.25, 0.3) is 0 Å². The van der Waals surface area contributed by atoms with Gasteiger partial charge in [-0.15, -0.1) is 11.3 Å². The SMILES string of the molecule is CN(Cc1cccs1)c1c(NC(=O)NN)ccc(F)c1Cl. The van der Waals surface area contributed by atoms with Gasteiger partial charge >= 0.3 is 6.03 Å². The number of carbonyl (C=O) groups excluding carboxylic acids is 1. The van der Waals surface area contributed by atoms with Crippen LogP contribution in [-0.4, -0.2) is 13.1 Å². The molecule has 2 rings (SSSR count). The molecule has 1 aromatic heterocycles. The van der Waals surface area contributed by atoms with Crippen molar-refractivity contribution >= 4 is 40.3 Å². The van der Waals surface area contributed by atoms with Crippen molar-refractivity contribution in [1.82, 2.24) is 5.43 Å². The van der Waals surface area contributed by atoms with Crippen LogP contribution in [-0.2, 0) is 6.54 Å². The monoisotopic (exact) mass is 328 g/mol. The van der Waals surface area contributed by atoms with Gasteiger partial charge in [0.1, 0.15) is 10.8 Å². The summed E-state index contributed by atoms with van der Waals surface area (Å²) in [7, 11) is 1.77. The highest BCUT2D eigenvalue weighted by Crippen LogP contribution is 2.36. The lowest BCUT2D eigenvalue weighted by atomic mass is 10.2. The minimum absolute atomic E-state index is 0.0520. The third kappa shape index (κ3) is 3.63. The van der Waals surface area contributed by atoms with Crippen LogP contribution in [0.2, 0.25) is 5.02 Å². The fraction of sp³-hybridized carbons (Fsp3) is 0.154. The number of carbonyl (C=O) groups is 1. The number of nitrogens with one attached hydrogen (secondary N) is 2. The molecule has 0 unspecified atom stereocenters. The smallest absolute Gasteiger partial charge is 0.333 e. The van der Waals surface area contributed by atoms with Gasteiger partial charge in [0.2, 0.25) is 0 Å². The number of amides is 2. The number of urea groups is 1. The van der Waals surface area contributed by atoms with E-state index in [1.165, 1.54) is 12.1 Å². The Bertz CT molecular complexity index is 635. The highest BCUT2D eigenvalue weighted by atomic mass is 35.5. The number of hydrazine groups is 1. The van der Waals surface area contributed by atoms with Crippen LogP contribution in [0.4, 0.5) is 20.6 Å². The average molecular weight is 329 g/mol. The molecule has 0 saturated heterocycles. The van der Waals surface area contributed by atoms with Gasteiger partial charge in [0.05, 0.1) is 17.9 Å². The lowest BCUT2D eigenvalue weighted by molar-refractivity contribution is 0.252. The summed E-state index contributed by atoms with van der Waals surface area (Å²) in [6, 6.07) is 5.92. The van der Waals surface area contributed by atoms with Gasteiger partial charge in [-0.1, -0.05) is 17.7 Å².